The fraction of sp³-hybridized carbons (Fsp3) is 0.381. The van der Waals surface area contributed by atoms with Crippen LogP contribution in [-0.4, -0.2) is 18.6 Å². The van der Waals surface area contributed by atoms with Gasteiger partial charge in [0.2, 0.25) is 0 Å². The summed E-state index contributed by atoms with van der Waals surface area (Å²) in [6.45, 7) is 8.62. The summed E-state index contributed by atoms with van der Waals surface area (Å²) in [4.78, 5) is 12.3. The standard InChI is InChI=1S/C21H28N2O2/c1-14(2)18-8-5-15(3)20(13-18)25-16(4)21(24)23-12-11-17-6-9-19(22)10-7-17/h5-10,13-14,16H,11-12,22H2,1-4H3,(H,23,24). The van der Waals surface area contributed by atoms with Crippen molar-refractivity contribution in [3.63, 3.8) is 0 Å². The number of rotatable bonds is 7. The van der Waals surface area contributed by atoms with Gasteiger partial charge in [-0.2, -0.15) is 0 Å². The molecule has 0 fully saturated rings. The quantitative estimate of drug-likeness (QED) is 0.753. The van der Waals surface area contributed by atoms with Crippen LogP contribution < -0.4 is 15.8 Å². The van der Waals surface area contributed by atoms with Gasteiger partial charge < -0.3 is 15.8 Å². The van der Waals surface area contributed by atoms with E-state index < -0.39 is 6.10 Å². The highest BCUT2D eigenvalue weighted by Gasteiger charge is 2.16. The minimum atomic E-state index is -0.535. The number of carbonyl (C=O) groups excluding carboxylic acids is 1. The molecular formula is C21H28N2O2. The molecule has 2 aromatic rings. The van der Waals surface area contributed by atoms with Crippen LogP contribution in [0.3, 0.4) is 0 Å². The summed E-state index contributed by atoms with van der Waals surface area (Å²) in [6, 6.07) is 13.9. The summed E-state index contributed by atoms with van der Waals surface area (Å²) in [5.74, 6) is 1.09. The fourth-order valence-electron chi connectivity index (χ4n) is 2.50. The molecule has 2 aromatic carbocycles. The number of carbonyl (C=O) groups is 1. The number of nitrogen functional groups attached to an aromatic ring is 1. The van der Waals surface area contributed by atoms with Gasteiger partial charge in [-0.05, 0) is 61.1 Å². The predicted molar refractivity (Wildman–Crippen MR) is 103 cm³/mol. The van der Waals surface area contributed by atoms with Crippen molar-refractivity contribution in [1.82, 2.24) is 5.32 Å². The van der Waals surface area contributed by atoms with E-state index in [9.17, 15) is 4.79 Å². The van der Waals surface area contributed by atoms with E-state index in [1.54, 1.807) is 6.92 Å². The SMILES string of the molecule is Cc1ccc(C(C)C)cc1OC(C)C(=O)NCCc1ccc(N)cc1. The van der Waals surface area contributed by atoms with E-state index in [-0.39, 0.29) is 5.91 Å². The molecule has 4 nitrogen and oxygen atoms in total. The van der Waals surface area contributed by atoms with Crippen LogP contribution in [0.4, 0.5) is 5.69 Å². The van der Waals surface area contributed by atoms with Gasteiger partial charge in [-0.1, -0.05) is 38.1 Å². The van der Waals surface area contributed by atoms with Gasteiger partial charge in [0, 0.05) is 12.2 Å². The van der Waals surface area contributed by atoms with Crippen LogP contribution in [0.2, 0.25) is 0 Å². The molecule has 1 atom stereocenters. The van der Waals surface area contributed by atoms with Crippen molar-refractivity contribution in [2.45, 2.75) is 46.1 Å². The highest BCUT2D eigenvalue weighted by molar-refractivity contribution is 5.80. The van der Waals surface area contributed by atoms with Crippen molar-refractivity contribution >= 4 is 11.6 Å². The molecule has 0 aliphatic heterocycles. The molecule has 4 heteroatoms. The third kappa shape index (κ3) is 5.52. The Morgan fingerprint density at radius 1 is 1.12 bits per heavy atom. The molecule has 0 aliphatic rings. The first kappa shape index (κ1) is 18.8. The van der Waals surface area contributed by atoms with Crippen molar-refractivity contribution in [2.24, 2.45) is 0 Å². The zero-order valence-corrected chi connectivity index (χ0v) is 15.5. The van der Waals surface area contributed by atoms with Crippen LogP contribution in [0.15, 0.2) is 42.5 Å². The van der Waals surface area contributed by atoms with Crippen molar-refractivity contribution in [2.75, 3.05) is 12.3 Å². The van der Waals surface area contributed by atoms with E-state index in [0.717, 1.165) is 29.0 Å². The molecule has 0 radical (unpaired) electrons. The molecule has 2 rings (SSSR count). The minimum absolute atomic E-state index is 0.107. The molecule has 134 valence electrons. The molecule has 3 N–H and O–H groups in total. The monoisotopic (exact) mass is 340 g/mol. The highest BCUT2D eigenvalue weighted by Crippen LogP contribution is 2.25. The highest BCUT2D eigenvalue weighted by atomic mass is 16.5. The largest absolute Gasteiger partial charge is 0.481 e. The zero-order valence-electron chi connectivity index (χ0n) is 15.5. The average molecular weight is 340 g/mol. The van der Waals surface area contributed by atoms with Crippen molar-refractivity contribution in [1.29, 1.82) is 0 Å². The Balaban J connectivity index is 1.87. The molecule has 0 aliphatic carbocycles. The fourth-order valence-corrected chi connectivity index (χ4v) is 2.50. The lowest BCUT2D eigenvalue weighted by Crippen LogP contribution is -2.37. The van der Waals surface area contributed by atoms with Gasteiger partial charge in [-0.3, -0.25) is 4.79 Å². The molecule has 25 heavy (non-hydrogen) atoms. The normalized spacial score (nSPS) is 12.0. The number of amides is 1. The lowest BCUT2D eigenvalue weighted by Gasteiger charge is -2.18. The number of ether oxygens (including phenoxy) is 1. The van der Waals surface area contributed by atoms with Gasteiger partial charge in [-0.15, -0.1) is 0 Å². The second kappa shape index (κ2) is 8.56. The number of anilines is 1. The first-order valence-corrected chi connectivity index (χ1v) is 8.76. The maximum absolute atomic E-state index is 12.3. The summed E-state index contributed by atoms with van der Waals surface area (Å²) in [7, 11) is 0. The topological polar surface area (TPSA) is 64.3 Å². The number of aryl methyl sites for hydroxylation is 1. The lowest BCUT2D eigenvalue weighted by atomic mass is 10.0. The van der Waals surface area contributed by atoms with Gasteiger partial charge in [-0.25, -0.2) is 0 Å². The molecule has 0 saturated heterocycles. The van der Waals surface area contributed by atoms with E-state index in [1.807, 2.05) is 43.3 Å². The molecule has 1 amide bonds. The van der Waals surface area contributed by atoms with E-state index >= 15 is 0 Å². The van der Waals surface area contributed by atoms with Crippen LogP contribution in [0.25, 0.3) is 0 Å². The molecule has 0 heterocycles. The molecule has 0 bridgehead atoms. The van der Waals surface area contributed by atoms with E-state index in [2.05, 4.69) is 25.2 Å². The van der Waals surface area contributed by atoms with Crippen molar-refractivity contribution in [3.05, 3.63) is 59.2 Å². The number of nitrogens with one attached hydrogen (secondary N) is 1. The third-order valence-electron chi connectivity index (χ3n) is 4.24. The van der Waals surface area contributed by atoms with Crippen LogP contribution in [0, 0.1) is 6.92 Å². The summed E-state index contributed by atoms with van der Waals surface area (Å²) in [5.41, 5.74) is 9.80. The third-order valence-corrected chi connectivity index (χ3v) is 4.24. The molecule has 0 aromatic heterocycles. The maximum atomic E-state index is 12.3. The number of nitrogens with two attached hydrogens (primary N) is 1. The Morgan fingerprint density at radius 2 is 1.80 bits per heavy atom. The Hall–Kier alpha value is -2.49. The average Bonchev–Trinajstić information content (AvgIpc) is 2.58. The lowest BCUT2D eigenvalue weighted by molar-refractivity contribution is -0.127. The smallest absolute Gasteiger partial charge is 0.260 e. The molecule has 1 unspecified atom stereocenters. The summed E-state index contributed by atoms with van der Waals surface area (Å²) >= 11 is 0. The number of hydrogen-bond acceptors (Lipinski definition) is 3. The van der Waals surface area contributed by atoms with Gasteiger partial charge >= 0.3 is 0 Å². The molecule has 0 saturated carbocycles. The second-order valence-corrected chi connectivity index (χ2v) is 6.72. The number of benzene rings is 2. The zero-order chi connectivity index (χ0) is 18.4. The van der Waals surface area contributed by atoms with Gasteiger partial charge in [0.05, 0.1) is 0 Å². The molecular weight excluding hydrogens is 312 g/mol. The van der Waals surface area contributed by atoms with Crippen LogP contribution in [0.1, 0.15) is 43.4 Å². The summed E-state index contributed by atoms with van der Waals surface area (Å²) < 4.78 is 5.89. The van der Waals surface area contributed by atoms with E-state index in [4.69, 9.17) is 10.5 Å². The van der Waals surface area contributed by atoms with E-state index in [1.165, 1.54) is 5.56 Å². The van der Waals surface area contributed by atoms with Gasteiger partial charge in [0.15, 0.2) is 6.10 Å². The minimum Gasteiger partial charge on any atom is -0.481 e. The first-order valence-electron chi connectivity index (χ1n) is 8.76. The van der Waals surface area contributed by atoms with Crippen LogP contribution in [0.5, 0.6) is 5.75 Å². The summed E-state index contributed by atoms with van der Waals surface area (Å²) in [5, 5.41) is 2.93. The predicted octanol–water partition coefficient (Wildman–Crippen LogP) is 3.83. The summed E-state index contributed by atoms with van der Waals surface area (Å²) in [6.07, 6.45) is 0.230. The molecule has 0 spiro atoms. The number of hydrogen-bond donors (Lipinski definition) is 2. The van der Waals surface area contributed by atoms with Crippen LogP contribution in [-0.2, 0) is 11.2 Å². The van der Waals surface area contributed by atoms with Gasteiger partial charge in [0.1, 0.15) is 5.75 Å². The first-order chi connectivity index (χ1) is 11.9. The Bertz CT molecular complexity index is 708. The Kier molecular flexibility index (Phi) is 6.45. The van der Waals surface area contributed by atoms with Gasteiger partial charge in [0.25, 0.3) is 5.91 Å². The maximum Gasteiger partial charge on any atom is 0.260 e. The van der Waals surface area contributed by atoms with Crippen molar-refractivity contribution < 1.29 is 9.53 Å². The second-order valence-electron chi connectivity index (χ2n) is 6.72. The van der Waals surface area contributed by atoms with E-state index in [0.29, 0.717) is 12.5 Å². The van der Waals surface area contributed by atoms with Crippen LogP contribution >= 0.6 is 0 Å². The Labute approximate surface area is 150 Å². The van der Waals surface area contributed by atoms with Crippen molar-refractivity contribution in [3.8, 4) is 5.75 Å². The Morgan fingerprint density at radius 3 is 2.44 bits per heavy atom.